The fraction of sp³-hybridized carbons (Fsp3) is 0.308. The third-order valence-electron chi connectivity index (χ3n) is 2.82. The predicted molar refractivity (Wildman–Crippen MR) is 77.1 cm³/mol. The van der Waals surface area contributed by atoms with E-state index < -0.39 is 17.0 Å². The van der Waals surface area contributed by atoms with Gasteiger partial charge in [0.1, 0.15) is 5.82 Å². The van der Waals surface area contributed by atoms with E-state index in [0.29, 0.717) is 12.1 Å². The molecule has 2 aromatic rings. The van der Waals surface area contributed by atoms with Crippen LogP contribution in [0.2, 0.25) is 5.02 Å². The molecule has 0 aliphatic heterocycles. The van der Waals surface area contributed by atoms with Crippen molar-refractivity contribution < 1.29 is 23.5 Å². The highest BCUT2D eigenvalue weighted by atomic mass is 35.5. The van der Waals surface area contributed by atoms with Crippen molar-refractivity contribution in [2.75, 3.05) is 5.32 Å². The molecule has 6 nitrogen and oxygen atoms in total. The second kappa shape index (κ2) is 6.97. The molecule has 0 bridgehead atoms. The first-order valence-electron chi connectivity index (χ1n) is 6.38. The van der Waals surface area contributed by atoms with Gasteiger partial charge in [-0.15, -0.1) is 0 Å². The molecular formula is C13H13ClFN3O3S. The van der Waals surface area contributed by atoms with Crippen LogP contribution in [-0.4, -0.2) is 16.4 Å². The highest BCUT2D eigenvalue weighted by Crippen LogP contribution is 2.29. The molecule has 9 heteroatoms. The van der Waals surface area contributed by atoms with E-state index >= 15 is 0 Å². The summed E-state index contributed by atoms with van der Waals surface area (Å²) in [6, 6.07) is 3.90. The van der Waals surface area contributed by atoms with Gasteiger partial charge >= 0.3 is 0 Å². The fourth-order valence-electron chi connectivity index (χ4n) is 1.68. The number of hydrogen-bond donors (Lipinski definition) is 1. The maximum atomic E-state index is 13.1. The van der Waals surface area contributed by atoms with E-state index in [9.17, 15) is 14.3 Å². The maximum absolute atomic E-state index is 13.1. The predicted octanol–water partition coefficient (Wildman–Crippen LogP) is 1.87. The van der Waals surface area contributed by atoms with Crippen LogP contribution in [0.15, 0.2) is 27.7 Å². The first-order chi connectivity index (χ1) is 10.4. The number of nitrogens with zero attached hydrogens (tertiary/aromatic N) is 2. The third kappa shape index (κ3) is 3.69. The minimum absolute atomic E-state index is 0.0780. The van der Waals surface area contributed by atoms with E-state index in [1.165, 1.54) is 22.9 Å². The number of carbonyl (C=O) groups is 1. The normalized spacial score (nSPS) is 12.2. The molecule has 2 rings (SSSR count). The lowest BCUT2D eigenvalue weighted by Gasteiger charge is -2.13. The Morgan fingerprint density at radius 2 is 2.36 bits per heavy atom. The zero-order chi connectivity index (χ0) is 16.3. The Morgan fingerprint density at radius 3 is 2.91 bits per heavy atom. The average molecular weight is 346 g/mol. The van der Waals surface area contributed by atoms with E-state index in [4.69, 9.17) is 11.6 Å². The zero-order valence-electron chi connectivity index (χ0n) is 11.8. The molecule has 118 valence electrons. The molecule has 0 saturated heterocycles. The lowest BCUT2D eigenvalue weighted by atomic mass is 10.2. The Labute approximate surface area is 135 Å². The number of anilines is 1. The van der Waals surface area contributed by atoms with Gasteiger partial charge in [-0.25, -0.2) is 4.39 Å². The summed E-state index contributed by atoms with van der Waals surface area (Å²) in [4.78, 5) is 12.3. The van der Waals surface area contributed by atoms with Gasteiger partial charge in [0.25, 0.3) is 5.03 Å². The minimum atomic E-state index is -0.594. The molecule has 1 aromatic carbocycles. The maximum Gasteiger partial charge on any atom is 0.291 e. The molecule has 1 N–H and O–H groups in total. The van der Waals surface area contributed by atoms with Crippen LogP contribution in [0.5, 0.6) is 5.95 Å². The summed E-state index contributed by atoms with van der Waals surface area (Å²) in [5.41, 5.74) is 0.382. The van der Waals surface area contributed by atoms with Crippen LogP contribution in [0.1, 0.15) is 13.3 Å². The molecule has 0 aliphatic rings. The average Bonchev–Trinajstić information content (AvgIpc) is 2.79. The van der Waals surface area contributed by atoms with E-state index in [1.807, 2.05) is 6.92 Å². The van der Waals surface area contributed by atoms with Gasteiger partial charge in [-0.05, 0) is 36.4 Å². The van der Waals surface area contributed by atoms with Crippen molar-refractivity contribution in [3.8, 4) is 5.95 Å². The highest BCUT2D eigenvalue weighted by molar-refractivity contribution is 8.00. The summed E-state index contributed by atoms with van der Waals surface area (Å²) >= 11 is 6.73. The number of halogens is 2. The molecule has 0 saturated carbocycles. The van der Waals surface area contributed by atoms with Gasteiger partial charge in [-0.1, -0.05) is 23.2 Å². The molecule has 0 radical (unpaired) electrons. The van der Waals surface area contributed by atoms with Crippen LogP contribution in [-0.2, 0) is 11.8 Å². The van der Waals surface area contributed by atoms with E-state index in [2.05, 4.69) is 15.1 Å². The van der Waals surface area contributed by atoms with Crippen molar-refractivity contribution in [2.24, 2.45) is 7.05 Å². The topological polar surface area (TPSA) is 82.1 Å². The molecule has 1 aromatic heterocycles. The van der Waals surface area contributed by atoms with Crippen molar-refractivity contribution in [2.45, 2.75) is 23.6 Å². The van der Waals surface area contributed by atoms with Crippen molar-refractivity contribution in [3.05, 3.63) is 29.0 Å². The summed E-state index contributed by atoms with van der Waals surface area (Å²) in [6.45, 7) is 1.81. The van der Waals surface area contributed by atoms with Gasteiger partial charge < -0.3 is 14.9 Å². The molecule has 1 unspecified atom stereocenters. The van der Waals surface area contributed by atoms with Gasteiger partial charge in [0.2, 0.25) is 5.91 Å². The second-order valence-corrected chi connectivity index (χ2v) is 6.02. The van der Waals surface area contributed by atoms with Crippen molar-refractivity contribution in [3.63, 3.8) is 0 Å². The largest absolute Gasteiger partial charge is 0.538 e. The number of nitrogens with one attached hydrogen (secondary N) is 1. The Morgan fingerprint density at radius 1 is 1.64 bits per heavy atom. The number of rotatable bonds is 5. The quantitative estimate of drug-likeness (QED) is 0.661. The zero-order valence-corrected chi connectivity index (χ0v) is 13.4. The fourth-order valence-corrected chi connectivity index (χ4v) is 2.79. The van der Waals surface area contributed by atoms with E-state index in [0.717, 1.165) is 11.8 Å². The van der Waals surface area contributed by atoms with Crippen LogP contribution in [0.4, 0.5) is 10.1 Å². The summed E-state index contributed by atoms with van der Waals surface area (Å²) in [7, 11) is 1.55. The van der Waals surface area contributed by atoms with Crippen molar-refractivity contribution in [1.29, 1.82) is 0 Å². The summed E-state index contributed by atoms with van der Waals surface area (Å²) in [5, 5.41) is 17.2. The summed E-state index contributed by atoms with van der Waals surface area (Å²) in [5.74, 6) is -1.48. The Hall–Kier alpha value is -1.80. The van der Waals surface area contributed by atoms with Gasteiger partial charge in [0.15, 0.2) is 13.0 Å². The molecule has 0 spiro atoms. The number of benzene rings is 1. The molecule has 1 atom stereocenters. The number of amides is 1. The number of hydrogen-bond acceptors (Lipinski definition) is 5. The van der Waals surface area contributed by atoms with Crippen molar-refractivity contribution >= 4 is 35.0 Å². The van der Waals surface area contributed by atoms with Crippen molar-refractivity contribution in [1.82, 2.24) is 5.27 Å². The first-order valence-corrected chi connectivity index (χ1v) is 7.63. The molecular weight excluding hydrogens is 333 g/mol. The van der Waals surface area contributed by atoms with Crippen LogP contribution >= 0.6 is 23.4 Å². The van der Waals surface area contributed by atoms with Crippen LogP contribution in [0.3, 0.4) is 0 Å². The molecule has 1 heterocycles. The Bertz CT molecular complexity index is 676. The van der Waals surface area contributed by atoms with Crippen LogP contribution in [0, 0.1) is 5.82 Å². The minimum Gasteiger partial charge on any atom is -0.538 e. The second-order valence-electron chi connectivity index (χ2n) is 4.42. The monoisotopic (exact) mass is 345 g/mol. The van der Waals surface area contributed by atoms with Crippen LogP contribution in [0.25, 0.3) is 0 Å². The number of carbonyl (C=O) groups excluding carboxylic acids is 1. The van der Waals surface area contributed by atoms with E-state index in [-0.39, 0.29) is 16.0 Å². The van der Waals surface area contributed by atoms with Gasteiger partial charge in [0.05, 0.1) is 15.5 Å². The molecule has 1 amide bonds. The summed E-state index contributed by atoms with van der Waals surface area (Å²) in [6.07, 6.45) is 0.482. The number of thioether (sulfide) groups is 1. The summed E-state index contributed by atoms with van der Waals surface area (Å²) < 4.78 is 18.9. The van der Waals surface area contributed by atoms with E-state index in [1.54, 1.807) is 7.05 Å². The van der Waals surface area contributed by atoms with Gasteiger partial charge in [-0.3, -0.25) is 4.79 Å². The molecule has 0 fully saturated rings. The lowest BCUT2D eigenvalue weighted by Crippen LogP contribution is -2.34. The first kappa shape index (κ1) is 16.6. The standard InChI is InChI=1S/C13H13ClFN3O3S/c1-3-10(22-12-13(20)21-17-18(12)2)11(19)16-7-4-5-9(15)8(14)6-7/h4-6,10H,3H2,1-2H3,(H-,16,17,19,20). The lowest BCUT2D eigenvalue weighted by molar-refractivity contribution is -0.772. The number of aromatic nitrogens is 2. The number of aryl methyl sites for hydroxylation is 1. The van der Waals surface area contributed by atoms with Crippen LogP contribution < -0.4 is 15.1 Å². The highest BCUT2D eigenvalue weighted by Gasteiger charge is 2.25. The Kier molecular flexibility index (Phi) is 5.25. The molecule has 22 heavy (non-hydrogen) atoms. The Balaban J connectivity index is 2.10. The van der Waals surface area contributed by atoms with Gasteiger partial charge in [-0.2, -0.15) is 0 Å². The van der Waals surface area contributed by atoms with Gasteiger partial charge in [0, 0.05) is 5.69 Å². The SMILES string of the molecule is CCC(Sc1c([O-])on[n+]1C)C(=O)Nc1ccc(F)c(Cl)c1. The smallest absolute Gasteiger partial charge is 0.291 e. The third-order valence-corrected chi connectivity index (χ3v) is 4.59. The molecule has 0 aliphatic carbocycles.